The molecule has 0 bridgehead atoms. The van der Waals surface area contributed by atoms with Crippen molar-refractivity contribution in [3.63, 3.8) is 0 Å². The summed E-state index contributed by atoms with van der Waals surface area (Å²) in [7, 11) is 1.38. The van der Waals surface area contributed by atoms with Gasteiger partial charge in [0, 0.05) is 41.5 Å². The van der Waals surface area contributed by atoms with Crippen molar-refractivity contribution in [2.24, 2.45) is 0 Å². The summed E-state index contributed by atoms with van der Waals surface area (Å²) in [6.45, 7) is 2.22. The molecule has 1 saturated carbocycles. The Balaban J connectivity index is 1.12. The minimum Gasteiger partial charge on any atom is -0.463 e. The summed E-state index contributed by atoms with van der Waals surface area (Å²) in [5.74, 6) is 0.354. The van der Waals surface area contributed by atoms with Gasteiger partial charge in [-0.3, -0.25) is 9.69 Å². The van der Waals surface area contributed by atoms with Crippen molar-refractivity contribution in [1.82, 2.24) is 29.2 Å². The van der Waals surface area contributed by atoms with Crippen molar-refractivity contribution < 1.29 is 23.8 Å². The predicted octanol–water partition coefficient (Wildman–Crippen LogP) is 7.10. The highest BCUT2D eigenvalue weighted by Gasteiger charge is 2.36. The molecule has 0 aliphatic heterocycles. The fourth-order valence-corrected chi connectivity index (χ4v) is 7.53. The summed E-state index contributed by atoms with van der Waals surface area (Å²) in [5.41, 5.74) is 8.16. The molecule has 0 radical (unpaired) electrons. The normalized spacial score (nSPS) is 14.0. The molecule has 2 aliphatic carbocycles. The van der Waals surface area contributed by atoms with Crippen LogP contribution in [0.4, 0.5) is 9.59 Å². The Morgan fingerprint density at radius 2 is 1.72 bits per heavy atom. The lowest BCUT2D eigenvalue weighted by Crippen LogP contribution is -2.36. The second kappa shape index (κ2) is 11.1. The molecule has 7 aromatic rings. The zero-order valence-corrected chi connectivity index (χ0v) is 27.2. The number of methoxy groups -OCH3 is 1. The number of hydrogen-bond acceptors (Lipinski definition) is 8. The number of carboxylic acid groups (broad SMARTS) is 1. The Kier molecular flexibility index (Phi) is 6.63. The third-order valence-corrected chi connectivity index (χ3v) is 9.91. The maximum Gasteiger partial charge on any atom is 0.434 e. The first-order valence-corrected chi connectivity index (χ1v) is 16.4. The Morgan fingerprint density at radius 1 is 1.00 bits per heavy atom. The maximum absolute atomic E-state index is 14.1. The van der Waals surface area contributed by atoms with E-state index in [9.17, 15) is 19.5 Å². The Bertz CT molecular complexity index is 2570. The number of oxazole rings is 1. The van der Waals surface area contributed by atoms with Crippen LogP contribution in [0.5, 0.6) is 0 Å². The van der Waals surface area contributed by atoms with Crippen molar-refractivity contribution >= 4 is 45.2 Å². The summed E-state index contributed by atoms with van der Waals surface area (Å²) < 4.78 is 14.3. The van der Waals surface area contributed by atoms with Gasteiger partial charge in [-0.2, -0.15) is 5.10 Å². The van der Waals surface area contributed by atoms with E-state index in [2.05, 4.69) is 22.2 Å². The Hall–Kier alpha value is -6.30. The van der Waals surface area contributed by atoms with E-state index in [0.717, 1.165) is 67.4 Å². The van der Waals surface area contributed by atoms with Gasteiger partial charge in [0.2, 0.25) is 0 Å². The van der Waals surface area contributed by atoms with Crippen LogP contribution in [0.3, 0.4) is 0 Å². The molecule has 0 spiro atoms. The van der Waals surface area contributed by atoms with Crippen molar-refractivity contribution in [2.45, 2.75) is 38.3 Å². The molecule has 0 saturated heterocycles. The summed E-state index contributed by atoms with van der Waals surface area (Å²) in [4.78, 5) is 49.8. The minimum absolute atomic E-state index is 0.0511. The first kappa shape index (κ1) is 29.8. The van der Waals surface area contributed by atoms with Crippen LogP contribution in [0.2, 0.25) is 0 Å². The van der Waals surface area contributed by atoms with Gasteiger partial charge < -0.3 is 18.8 Å². The number of hydrogen-bond donors (Lipinski definition) is 1. The van der Waals surface area contributed by atoms with Gasteiger partial charge in [-0.05, 0) is 65.3 Å². The number of aryl methyl sites for hydroxylation is 1. The number of nitrogens with zero attached hydrogens (tertiary/aromatic N) is 6. The summed E-state index contributed by atoms with van der Waals surface area (Å²) >= 11 is 0. The fraction of sp³-hybridized carbons (Fsp3) is 0.211. The molecule has 1 fully saturated rings. The molecule has 4 aromatic heterocycles. The van der Waals surface area contributed by atoms with Crippen molar-refractivity contribution in [2.75, 3.05) is 13.7 Å². The molecule has 1 N–H and O–H groups in total. The first-order chi connectivity index (χ1) is 24.3. The standard InChI is InChI=1S/C38H30N6O6/c1-20-24(21-17-22-19-40-44(37(46)47)35(22)39-18-21)13-14-29-32(20)43(23-11-12-23)36(45)31-34(29)50-30(41-31)15-16-42(38(48)49-2)33-27-9-5-3-7-25(27)26-8-4-6-10-28(26)33/h3-10,13-14,17-19,23,33H,11-12,15-16H2,1-2H3,(H,46,47). The second-order valence-corrected chi connectivity index (χ2v) is 12.8. The third kappa shape index (κ3) is 4.44. The van der Waals surface area contributed by atoms with E-state index in [4.69, 9.17) is 14.1 Å². The smallest absolute Gasteiger partial charge is 0.434 e. The molecule has 12 heteroatoms. The van der Waals surface area contributed by atoms with Crippen LogP contribution in [-0.2, 0) is 11.2 Å². The van der Waals surface area contributed by atoms with Crippen LogP contribution >= 0.6 is 0 Å². The van der Waals surface area contributed by atoms with Gasteiger partial charge in [-0.25, -0.2) is 19.6 Å². The molecule has 50 heavy (non-hydrogen) atoms. The zero-order chi connectivity index (χ0) is 34.3. The van der Waals surface area contributed by atoms with Crippen LogP contribution < -0.4 is 5.56 Å². The van der Waals surface area contributed by atoms with Gasteiger partial charge in [0.15, 0.2) is 22.6 Å². The first-order valence-electron chi connectivity index (χ1n) is 16.4. The van der Waals surface area contributed by atoms with E-state index in [1.165, 1.54) is 13.3 Å². The average molecular weight is 667 g/mol. The van der Waals surface area contributed by atoms with Crippen LogP contribution in [0, 0.1) is 6.92 Å². The van der Waals surface area contributed by atoms with Gasteiger partial charge in [-0.1, -0.05) is 54.6 Å². The molecule has 4 heterocycles. The zero-order valence-electron chi connectivity index (χ0n) is 27.2. The molecule has 2 aliphatic rings. The largest absolute Gasteiger partial charge is 0.463 e. The van der Waals surface area contributed by atoms with Crippen LogP contribution in [0.1, 0.15) is 47.5 Å². The monoisotopic (exact) mass is 666 g/mol. The van der Waals surface area contributed by atoms with Gasteiger partial charge in [0.05, 0.1) is 24.9 Å². The van der Waals surface area contributed by atoms with E-state index >= 15 is 0 Å². The number of amides is 1. The predicted molar refractivity (Wildman–Crippen MR) is 185 cm³/mol. The van der Waals surface area contributed by atoms with Crippen LogP contribution in [-0.4, -0.2) is 60.2 Å². The molecule has 3 aromatic carbocycles. The van der Waals surface area contributed by atoms with Crippen LogP contribution in [0.15, 0.2) is 88.3 Å². The SMILES string of the molecule is COC(=O)N(CCc1nc2c(=O)n(C3CC3)c3c(C)c(-c4cnc5c(cnn5C(=O)O)c4)ccc3c2o1)C1c2ccccc2-c2ccccc21. The molecule has 248 valence electrons. The van der Waals surface area contributed by atoms with Gasteiger partial charge in [0.1, 0.15) is 0 Å². The molecule has 9 rings (SSSR count). The highest BCUT2D eigenvalue weighted by Crippen LogP contribution is 2.46. The van der Waals surface area contributed by atoms with E-state index in [1.807, 2.05) is 66.1 Å². The number of fused-ring (bicyclic) bond motifs is 7. The Morgan fingerprint density at radius 3 is 2.40 bits per heavy atom. The summed E-state index contributed by atoms with van der Waals surface area (Å²) in [6.07, 6.45) is 3.45. The summed E-state index contributed by atoms with van der Waals surface area (Å²) in [5, 5.41) is 14.7. The minimum atomic E-state index is -1.21. The second-order valence-electron chi connectivity index (χ2n) is 12.8. The molecular weight excluding hydrogens is 636 g/mol. The van der Waals surface area contributed by atoms with Gasteiger partial charge >= 0.3 is 12.2 Å². The lowest BCUT2D eigenvalue weighted by atomic mass is 9.97. The highest BCUT2D eigenvalue weighted by molar-refractivity contribution is 6.04. The number of carbonyl (C=O) groups is 2. The molecule has 0 atom stereocenters. The van der Waals surface area contributed by atoms with Crippen LogP contribution in [0.25, 0.3) is 55.3 Å². The highest BCUT2D eigenvalue weighted by atomic mass is 16.5. The molecular formula is C38H30N6O6. The lowest BCUT2D eigenvalue weighted by molar-refractivity contribution is 0.112. The molecule has 1 amide bonds. The van der Waals surface area contributed by atoms with E-state index in [-0.39, 0.29) is 41.8 Å². The number of pyridine rings is 2. The van der Waals surface area contributed by atoms with Crippen molar-refractivity contribution in [3.05, 3.63) is 112 Å². The number of benzene rings is 3. The number of ether oxygens (including phenoxy) is 1. The lowest BCUT2D eigenvalue weighted by Gasteiger charge is -2.29. The number of carbonyl (C=O) groups excluding carboxylic acids is 1. The van der Waals surface area contributed by atoms with E-state index < -0.39 is 12.2 Å². The third-order valence-electron chi connectivity index (χ3n) is 9.91. The van der Waals surface area contributed by atoms with Gasteiger partial charge in [-0.15, -0.1) is 4.68 Å². The van der Waals surface area contributed by atoms with Gasteiger partial charge in [0.25, 0.3) is 5.56 Å². The Labute approximate surface area is 284 Å². The van der Waals surface area contributed by atoms with E-state index in [0.29, 0.717) is 16.9 Å². The average Bonchev–Trinajstić information content (AvgIpc) is 3.58. The number of aromatic nitrogens is 5. The summed E-state index contributed by atoms with van der Waals surface area (Å²) in [6, 6.07) is 21.6. The van der Waals surface area contributed by atoms with Crippen molar-refractivity contribution in [3.8, 4) is 22.3 Å². The molecule has 12 nitrogen and oxygen atoms in total. The maximum atomic E-state index is 14.1. The number of rotatable bonds is 6. The topological polar surface area (TPSA) is 146 Å². The fourth-order valence-electron chi connectivity index (χ4n) is 7.53. The molecule has 0 unspecified atom stereocenters. The van der Waals surface area contributed by atoms with Crippen molar-refractivity contribution in [1.29, 1.82) is 0 Å². The quantitative estimate of drug-likeness (QED) is 0.196. The van der Waals surface area contributed by atoms with E-state index in [1.54, 1.807) is 11.1 Å².